The Morgan fingerprint density at radius 3 is 2.46 bits per heavy atom. The van der Waals surface area contributed by atoms with Crippen LogP contribution in [0.25, 0.3) is 0 Å². The van der Waals surface area contributed by atoms with Gasteiger partial charge in [-0.15, -0.1) is 0 Å². The quantitative estimate of drug-likeness (QED) is 0.644. The number of aromatic nitrogens is 1. The second kappa shape index (κ2) is 11.3. The summed E-state index contributed by atoms with van der Waals surface area (Å²) >= 11 is 0. The molecule has 4 rings (SSSR count). The molecule has 2 aromatic rings. The number of carbonyl (C=O) groups is 1. The van der Waals surface area contributed by atoms with Crippen molar-refractivity contribution in [3.63, 3.8) is 0 Å². The van der Waals surface area contributed by atoms with Crippen LogP contribution in [0.3, 0.4) is 0 Å². The molecule has 0 bridgehead atoms. The summed E-state index contributed by atoms with van der Waals surface area (Å²) in [5.74, 6) is -0.117. The van der Waals surface area contributed by atoms with Crippen LogP contribution < -0.4 is 15.8 Å². The highest BCUT2D eigenvalue weighted by Gasteiger charge is 2.28. The lowest BCUT2D eigenvalue weighted by molar-refractivity contribution is 0.0950. The highest BCUT2D eigenvalue weighted by molar-refractivity contribution is 5.97. The first-order chi connectivity index (χ1) is 16.9. The third kappa shape index (κ3) is 5.69. The fourth-order valence-corrected chi connectivity index (χ4v) is 5.81. The van der Waals surface area contributed by atoms with Gasteiger partial charge in [0.15, 0.2) is 0 Å². The molecule has 0 spiro atoms. The number of anilines is 1. The minimum absolute atomic E-state index is 0.110. The van der Waals surface area contributed by atoms with Gasteiger partial charge in [0, 0.05) is 47.7 Å². The van der Waals surface area contributed by atoms with E-state index in [1.165, 1.54) is 31.4 Å². The molecule has 2 N–H and O–H groups in total. The molecule has 0 radical (unpaired) electrons. The monoisotopic (exact) mass is 476 g/mol. The zero-order valence-electron chi connectivity index (χ0n) is 21.7. The van der Waals surface area contributed by atoms with Crippen molar-refractivity contribution < 1.29 is 4.79 Å². The summed E-state index contributed by atoms with van der Waals surface area (Å²) in [5, 5.41) is 3.05. The molecule has 0 unspecified atom stereocenters. The van der Waals surface area contributed by atoms with Crippen LogP contribution in [0.5, 0.6) is 0 Å². The number of fused-ring (bicyclic) bond motifs is 2. The van der Waals surface area contributed by atoms with Gasteiger partial charge in [-0.1, -0.05) is 18.2 Å². The number of hydrogen-bond donors (Lipinski definition) is 2. The van der Waals surface area contributed by atoms with Crippen LogP contribution in [0, 0.1) is 6.92 Å². The molecule has 1 aromatic carbocycles. The molecule has 2 aliphatic rings. The average molecular weight is 477 g/mol. The molecule has 1 fully saturated rings. The highest BCUT2D eigenvalue weighted by atomic mass is 16.1. The van der Waals surface area contributed by atoms with Gasteiger partial charge in [-0.3, -0.25) is 9.59 Å². The van der Waals surface area contributed by atoms with E-state index in [-0.39, 0.29) is 18.0 Å². The van der Waals surface area contributed by atoms with E-state index in [4.69, 9.17) is 0 Å². The first-order valence-electron chi connectivity index (χ1n) is 13.1. The van der Waals surface area contributed by atoms with Gasteiger partial charge in [0.05, 0.1) is 0 Å². The second-order valence-electron chi connectivity index (χ2n) is 10.2. The van der Waals surface area contributed by atoms with Crippen LogP contribution in [-0.4, -0.2) is 48.5 Å². The Kier molecular flexibility index (Phi) is 8.11. The topological polar surface area (TPSA) is 68.4 Å². The number of benzene rings is 1. The van der Waals surface area contributed by atoms with Crippen LogP contribution >= 0.6 is 0 Å². The maximum absolute atomic E-state index is 13.4. The third-order valence-electron chi connectivity index (χ3n) is 7.74. The number of allylic oxidation sites excluding steroid dienone is 2. The number of aryl methyl sites for hydroxylation is 2. The molecule has 6 heteroatoms. The van der Waals surface area contributed by atoms with Crippen LogP contribution in [0.2, 0.25) is 0 Å². The lowest BCUT2D eigenvalue weighted by Crippen LogP contribution is -2.42. The molecule has 2 heterocycles. The first kappa shape index (κ1) is 25.2. The molecular weight excluding hydrogens is 436 g/mol. The Morgan fingerprint density at radius 2 is 1.74 bits per heavy atom. The normalized spacial score (nSPS) is 21.8. The zero-order chi connectivity index (χ0) is 24.9. The maximum Gasteiger partial charge on any atom is 0.253 e. The van der Waals surface area contributed by atoms with Gasteiger partial charge in [0.1, 0.15) is 0 Å². The van der Waals surface area contributed by atoms with E-state index in [2.05, 4.69) is 59.3 Å². The lowest BCUT2D eigenvalue weighted by Gasteiger charge is -2.40. The van der Waals surface area contributed by atoms with Gasteiger partial charge in [0.25, 0.3) is 11.5 Å². The Hall–Kier alpha value is -2.86. The van der Waals surface area contributed by atoms with E-state index in [1.807, 2.05) is 25.1 Å². The molecular formula is C29H40N4O2. The largest absolute Gasteiger partial charge is 0.369 e. The SMILES string of the molecule is CCN(c1cccc2c1C/C=C/CCc1cc(C)[nH]c(=O)c1CNC2=O)[C@H]1CC[C@H](N(C)C)CC1. The van der Waals surface area contributed by atoms with Crippen molar-refractivity contribution in [2.75, 3.05) is 25.5 Å². The Bertz CT molecular complexity index is 1130. The molecule has 6 nitrogen and oxygen atoms in total. The van der Waals surface area contributed by atoms with Gasteiger partial charge in [-0.25, -0.2) is 0 Å². The van der Waals surface area contributed by atoms with E-state index >= 15 is 0 Å². The molecule has 0 atom stereocenters. The molecule has 1 saturated carbocycles. The first-order valence-corrected chi connectivity index (χ1v) is 13.1. The molecule has 0 saturated heterocycles. The molecule has 1 aliphatic heterocycles. The molecule has 188 valence electrons. The number of nitrogens with one attached hydrogen (secondary N) is 2. The van der Waals surface area contributed by atoms with Crippen molar-refractivity contribution in [3.8, 4) is 0 Å². The minimum atomic E-state index is -0.117. The predicted octanol–water partition coefficient (Wildman–Crippen LogP) is 4.36. The summed E-state index contributed by atoms with van der Waals surface area (Å²) in [5.41, 5.74) is 5.37. The van der Waals surface area contributed by atoms with E-state index in [9.17, 15) is 9.59 Å². The highest BCUT2D eigenvalue weighted by Crippen LogP contribution is 2.33. The number of hydrogen-bond acceptors (Lipinski definition) is 4. The fraction of sp³-hybridized carbons (Fsp3) is 0.517. The van der Waals surface area contributed by atoms with E-state index in [1.54, 1.807) is 0 Å². The average Bonchev–Trinajstić information content (AvgIpc) is 2.83. The maximum atomic E-state index is 13.4. The zero-order valence-corrected chi connectivity index (χ0v) is 21.7. The van der Waals surface area contributed by atoms with Gasteiger partial charge in [0.2, 0.25) is 0 Å². The van der Waals surface area contributed by atoms with Crippen LogP contribution in [0.1, 0.15) is 71.8 Å². The molecule has 1 aliphatic carbocycles. The standard InChI is InChI=1S/C29H40N4O2/c1-5-33(23-16-14-22(15-17-23)32(3)4)27-13-9-12-25-24(27)11-8-6-7-10-21-18-20(2)31-29(35)26(21)19-30-28(25)34/h6,8-9,12-13,18,22-23H,5,7,10-11,14-17,19H2,1-4H3,(H,30,34)(H,31,35)/b8-6+/t22-,23-. The van der Waals surface area contributed by atoms with Gasteiger partial charge < -0.3 is 20.1 Å². The van der Waals surface area contributed by atoms with Crippen LogP contribution in [-0.2, 0) is 19.4 Å². The molecule has 35 heavy (non-hydrogen) atoms. The fourth-order valence-electron chi connectivity index (χ4n) is 5.81. The van der Waals surface area contributed by atoms with E-state index in [0.29, 0.717) is 23.2 Å². The van der Waals surface area contributed by atoms with Gasteiger partial charge in [-0.2, -0.15) is 0 Å². The van der Waals surface area contributed by atoms with Crippen LogP contribution in [0.15, 0.2) is 41.2 Å². The van der Waals surface area contributed by atoms with Crippen molar-refractivity contribution in [1.29, 1.82) is 0 Å². The summed E-state index contributed by atoms with van der Waals surface area (Å²) in [6.45, 7) is 5.27. The number of carbonyl (C=O) groups excluding carboxylic acids is 1. The van der Waals surface area contributed by atoms with Crippen LogP contribution in [0.4, 0.5) is 5.69 Å². The number of aromatic amines is 1. The van der Waals surface area contributed by atoms with Crippen molar-refractivity contribution >= 4 is 11.6 Å². The number of nitrogens with zero attached hydrogens (tertiary/aromatic N) is 2. The number of amides is 1. The summed E-state index contributed by atoms with van der Waals surface area (Å²) < 4.78 is 0. The summed E-state index contributed by atoms with van der Waals surface area (Å²) in [4.78, 5) is 33.8. The molecule has 1 aromatic heterocycles. The van der Waals surface area contributed by atoms with Crippen molar-refractivity contribution in [2.45, 2.75) is 77.4 Å². The number of pyridine rings is 1. The Balaban J connectivity index is 1.64. The van der Waals surface area contributed by atoms with Crippen molar-refractivity contribution in [1.82, 2.24) is 15.2 Å². The summed E-state index contributed by atoms with van der Waals surface area (Å²) in [7, 11) is 4.36. The van der Waals surface area contributed by atoms with Crippen molar-refractivity contribution in [3.05, 3.63) is 74.7 Å². The minimum Gasteiger partial charge on any atom is -0.369 e. The van der Waals surface area contributed by atoms with Gasteiger partial charge in [-0.05, 0) is 102 Å². The predicted molar refractivity (Wildman–Crippen MR) is 143 cm³/mol. The molecule has 1 amide bonds. The Morgan fingerprint density at radius 1 is 1.00 bits per heavy atom. The Labute approximate surface area is 209 Å². The summed E-state index contributed by atoms with van der Waals surface area (Å²) in [6, 6.07) is 9.27. The smallest absolute Gasteiger partial charge is 0.253 e. The number of H-pyrrole nitrogens is 1. The number of rotatable bonds is 4. The summed E-state index contributed by atoms with van der Waals surface area (Å²) in [6.07, 6.45) is 11.5. The van der Waals surface area contributed by atoms with Crippen molar-refractivity contribution in [2.24, 2.45) is 0 Å². The second-order valence-corrected chi connectivity index (χ2v) is 10.2. The van der Waals surface area contributed by atoms with E-state index in [0.717, 1.165) is 42.6 Å². The third-order valence-corrected chi connectivity index (χ3v) is 7.74. The van der Waals surface area contributed by atoms with E-state index < -0.39 is 0 Å². The lowest BCUT2D eigenvalue weighted by atomic mass is 9.88. The van der Waals surface area contributed by atoms with Gasteiger partial charge >= 0.3 is 0 Å².